The lowest BCUT2D eigenvalue weighted by Gasteiger charge is -2.06. The van der Waals surface area contributed by atoms with Gasteiger partial charge in [0, 0.05) is 22.5 Å². The Hall–Kier alpha value is -3.90. The number of aromatic amines is 1. The second-order valence-electron chi connectivity index (χ2n) is 6.49. The van der Waals surface area contributed by atoms with Crippen LogP contribution in [0.25, 0.3) is 44.2 Å². The number of nitrogens with zero attached hydrogens (tertiary/aromatic N) is 2. The fourth-order valence-electron chi connectivity index (χ4n) is 3.64. The van der Waals surface area contributed by atoms with Crippen molar-refractivity contribution in [3.63, 3.8) is 0 Å². The number of rotatable bonds is 2. The summed E-state index contributed by atoms with van der Waals surface area (Å²) in [5.41, 5.74) is 6.77. The molecule has 3 aromatic carbocycles. The largest absolute Gasteiger partial charge is 0.353 e. The highest BCUT2D eigenvalue weighted by Gasteiger charge is 2.13. The summed E-state index contributed by atoms with van der Waals surface area (Å²) in [5.74, 6) is 0. The van der Waals surface area contributed by atoms with E-state index in [1.807, 2.05) is 54.7 Å². The van der Waals surface area contributed by atoms with Crippen LogP contribution in [0, 0.1) is 11.3 Å². The molecule has 0 aliphatic rings. The maximum absolute atomic E-state index is 9.43. The molecule has 5 aromatic rings. The van der Waals surface area contributed by atoms with E-state index in [1.54, 1.807) is 0 Å². The molecule has 0 saturated heterocycles. The van der Waals surface area contributed by atoms with Crippen LogP contribution in [0.15, 0.2) is 85.1 Å². The molecule has 126 valence electrons. The van der Waals surface area contributed by atoms with Crippen LogP contribution in [0.2, 0.25) is 0 Å². The predicted octanol–water partition coefficient (Wildman–Crippen LogP) is 5.92. The lowest BCUT2D eigenvalue weighted by atomic mass is 10.0. The highest BCUT2D eigenvalue weighted by molar-refractivity contribution is 6.12. The summed E-state index contributed by atoms with van der Waals surface area (Å²) in [7, 11) is 0. The summed E-state index contributed by atoms with van der Waals surface area (Å²) >= 11 is 0. The quantitative estimate of drug-likeness (QED) is 0.431. The third-order valence-corrected chi connectivity index (χ3v) is 4.93. The second-order valence-corrected chi connectivity index (χ2v) is 6.49. The summed E-state index contributed by atoms with van der Waals surface area (Å²) in [4.78, 5) is 8.07. The summed E-state index contributed by atoms with van der Waals surface area (Å²) in [6.45, 7) is 0. The van der Waals surface area contributed by atoms with Gasteiger partial charge in [-0.1, -0.05) is 60.7 Å². The molecule has 0 aliphatic carbocycles. The molecule has 1 N–H and O–H groups in total. The number of fused-ring (bicyclic) bond motifs is 3. The Labute approximate surface area is 156 Å². The van der Waals surface area contributed by atoms with Crippen LogP contribution in [0.1, 0.15) is 5.56 Å². The Morgan fingerprint density at radius 2 is 1.52 bits per heavy atom. The molecule has 3 nitrogen and oxygen atoms in total. The van der Waals surface area contributed by atoms with E-state index in [4.69, 9.17) is 0 Å². The molecule has 0 amide bonds. The van der Waals surface area contributed by atoms with Gasteiger partial charge < -0.3 is 4.98 Å². The molecule has 0 saturated carbocycles. The van der Waals surface area contributed by atoms with Crippen LogP contribution in [-0.4, -0.2) is 9.97 Å². The van der Waals surface area contributed by atoms with Gasteiger partial charge >= 0.3 is 0 Å². The number of nitriles is 1. The van der Waals surface area contributed by atoms with Gasteiger partial charge in [-0.15, -0.1) is 0 Å². The van der Waals surface area contributed by atoms with Crippen molar-refractivity contribution >= 4 is 21.8 Å². The first-order chi connectivity index (χ1) is 13.3. The predicted molar refractivity (Wildman–Crippen MR) is 109 cm³/mol. The van der Waals surface area contributed by atoms with E-state index in [-0.39, 0.29) is 0 Å². The second kappa shape index (κ2) is 6.12. The minimum Gasteiger partial charge on any atom is -0.353 e. The Bertz CT molecular complexity index is 1320. The molecule has 3 heteroatoms. The van der Waals surface area contributed by atoms with E-state index < -0.39 is 0 Å². The van der Waals surface area contributed by atoms with Crippen molar-refractivity contribution in [2.75, 3.05) is 0 Å². The van der Waals surface area contributed by atoms with Crippen molar-refractivity contribution in [2.45, 2.75) is 0 Å². The van der Waals surface area contributed by atoms with Crippen LogP contribution in [-0.2, 0) is 0 Å². The van der Waals surface area contributed by atoms with Crippen molar-refractivity contribution < 1.29 is 0 Å². The summed E-state index contributed by atoms with van der Waals surface area (Å²) in [6.07, 6.45) is 1.85. The number of para-hydroxylation sites is 2. The molecule has 2 heterocycles. The van der Waals surface area contributed by atoms with Gasteiger partial charge in [-0.3, -0.25) is 4.98 Å². The van der Waals surface area contributed by atoms with Crippen molar-refractivity contribution in [3.8, 4) is 28.5 Å². The van der Waals surface area contributed by atoms with Crippen LogP contribution < -0.4 is 0 Å². The molecular weight excluding hydrogens is 330 g/mol. The number of hydrogen-bond donors (Lipinski definition) is 1. The van der Waals surface area contributed by atoms with Crippen molar-refractivity contribution in [1.29, 1.82) is 5.26 Å². The minimum absolute atomic E-state index is 0.653. The van der Waals surface area contributed by atoms with Crippen LogP contribution in [0.4, 0.5) is 0 Å². The Morgan fingerprint density at radius 1 is 0.741 bits per heavy atom. The van der Waals surface area contributed by atoms with Gasteiger partial charge in [0.25, 0.3) is 0 Å². The normalized spacial score (nSPS) is 10.9. The fourth-order valence-corrected chi connectivity index (χ4v) is 3.64. The number of H-pyrrole nitrogens is 1. The van der Waals surface area contributed by atoms with Crippen molar-refractivity contribution in [1.82, 2.24) is 9.97 Å². The molecular formula is C24H15N3. The van der Waals surface area contributed by atoms with E-state index in [0.717, 1.165) is 44.2 Å². The zero-order valence-corrected chi connectivity index (χ0v) is 14.5. The lowest BCUT2D eigenvalue weighted by Crippen LogP contribution is -1.87. The van der Waals surface area contributed by atoms with Crippen LogP contribution in [0.5, 0.6) is 0 Å². The Kier molecular flexibility index (Phi) is 3.48. The van der Waals surface area contributed by atoms with Crippen LogP contribution >= 0.6 is 0 Å². The van der Waals surface area contributed by atoms with Crippen molar-refractivity contribution in [3.05, 3.63) is 90.6 Å². The molecule has 27 heavy (non-hydrogen) atoms. The van der Waals surface area contributed by atoms with Gasteiger partial charge in [0.1, 0.15) is 6.07 Å². The van der Waals surface area contributed by atoms with Crippen molar-refractivity contribution in [2.24, 2.45) is 0 Å². The van der Waals surface area contributed by atoms with Gasteiger partial charge in [0.15, 0.2) is 0 Å². The molecule has 0 fully saturated rings. The first-order valence-corrected chi connectivity index (χ1v) is 8.80. The highest BCUT2D eigenvalue weighted by Crippen LogP contribution is 2.34. The molecule has 0 bridgehead atoms. The summed E-state index contributed by atoms with van der Waals surface area (Å²) in [5, 5.41) is 11.6. The lowest BCUT2D eigenvalue weighted by molar-refractivity contribution is 1.33. The highest BCUT2D eigenvalue weighted by atomic mass is 14.7. The van der Waals surface area contributed by atoms with E-state index in [2.05, 4.69) is 46.4 Å². The fraction of sp³-hybridized carbons (Fsp3) is 0. The molecule has 0 spiro atoms. The van der Waals surface area contributed by atoms with Gasteiger partial charge in [0.2, 0.25) is 0 Å². The Balaban J connectivity index is 1.76. The maximum Gasteiger partial charge on any atom is 0.101 e. The van der Waals surface area contributed by atoms with E-state index in [9.17, 15) is 5.26 Å². The SMILES string of the molecule is N#Cc1cccc2c1[nH]c1c(-c3cc(-c4ccccc4)ccn3)cccc12. The van der Waals surface area contributed by atoms with E-state index in [1.165, 1.54) is 0 Å². The summed E-state index contributed by atoms with van der Waals surface area (Å²) < 4.78 is 0. The molecule has 0 unspecified atom stereocenters. The molecule has 0 aliphatic heterocycles. The van der Waals surface area contributed by atoms with E-state index >= 15 is 0 Å². The first-order valence-electron chi connectivity index (χ1n) is 8.80. The third kappa shape index (κ3) is 2.47. The average Bonchev–Trinajstić information content (AvgIpc) is 3.13. The zero-order valence-electron chi connectivity index (χ0n) is 14.5. The number of benzene rings is 3. The first kappa shape index (κ1) is 15.4. The smallest absolute Gasteiger partial charge is 0.101 e. The number of hydrogen-bond acceptors (Lipinski definition) is 2. The minimum atomic E-state index is 0.653. The molecule has 2 aromatic heterocycles. The van der Waals surface area contributed by atoms with Gasteiger partial charge in [-0.25, -0.2) is 0 Å². The maximum atomic E-state index is 9.43. The third-order valence-electron chi connectivity index (χ3n) is 4.93. The molecule has 5 rings (SSSR count). The monoisotopic (exact) mass is 345 g/mol. The number of pyridine rings is 1. The van der Waals surface area contributed by atoms with Crippen LogP contribution in [0.3, 0.4) is 0 Å². The average molecular weight is 345 g/mol. The molecule has 0 radical (unpaired) electrons. The zero-order chi connectivity index (χ0) is 18.2. The van der Waals surface area contributed by atoms with Gasteiger partial charge in [0.05, 0.1) is 22.3 Å². The Morgan fingerprint density at radius 3 is 2.33 bits per heavy atom. The van der Waals surface area contributed by atoms with E-state index in [0.29, 0.717) is 5.56 Å². The molecule has 0 atom stereocenters. The standard InChI is InChI=1S/C24H15N3/c25-15-18-8-4-9-19-20-10-5-11-21(24(20)27-23(18)19)22-14-17(12-13-26-22)16-6-2-1-3-7-16/h1-14,27H. The summed E-state index contributed by atoms with van der Waals surface area (Å²) in [6, 6.07) is 28.7. The topological polar surface area (TPSA) is 52.5 Å². The van der Waals surface area contributed by atoms with Gasteiger partial charge in [-0.05, 0) is 29.3 Å². The number of nitrogens with one attached hydrogen (secondary N) is 1. The number of aromatic nitrogens is 2. The van der Waals surface area contributed by atoms with Gasteiger partial charge in [-0.2, -0.15) is 5.26 Å².